The molecular weight excluding hydrogens is 232 g/mol. The predicted octanol–water partition coefficient (Wildman–Crippen LogP) is 1.30. The van der Waals surface area contributed by atoms with Crippen molar-refractivity contribution >= 4 is 6.01 Å². The molecule has 18 heavy (non-hydrogen) atoms. The van der Waals surface area contributed by atoms with E-state index in [-0.39, 0.29) is 5.54 Å². The third-order valence-corrected chi connectivity index (χ3v) is 3.43. The molecule has 0 bridgehead atoms. The quantitative estimate of drug-likeness (QED) is 0.823. The fraction of sp³-hybridized carbons (Fsp3) is 0.833. The Balaban J connectivity index is 1.54. The smallest absolute Gasteiger partial charge is 0.316 e. The van der Waals surface area contributed by atoms with Crippen molar-refractivity contribution in [3.8, 4) is 0 Å². The average Bonchev–Trinajstić information content (AvgIpc) is 3.09. The van der Waals surface area contributed by atoms with Crippen LogP contribution in [0.5, 0.6) is 0 Å². The largest absolute Gasteiger partial charge is 0.407 e. The van der Waals surface area contributed by atoms with Gasteiger partial charge in [0, 0.05) is 12.6 Å². The number of anilines is 1. The van der Waals surface area contributed by atoms with E-state index >= 15 is 0 Å². The first-order valence-electron chi connectivity index (χ1n) is 6.65. The lowest BCUT2D eigenvalue weighted by molar-refractivity contribution is 0.0530. The Bertz CT molecular complexity index is 397. The summed E-state index contributed by atoms with van der Waals surface area (Å²) in [5.41, 5.74) is -0.0913. The number of aromatic nitrogens is 2. The first kappa shape index (κ1) is 11.9. The van der Waals surface area contributed by atoms with Crippen LogP contribution in [0.4, 0.5) is 6.01 Å². The Labute approximate surface area is 106 Å². The normalized spacial score (nSPS) is 28.3. The lowest BCUT2D eigenvalue weighted by Crippen LogP contribution is -2.43. The van der Waals surface area contributed by atoms with Gasteiger partial charge in [0.15, 0.2) is 0 Å². The summed E-state index contributed by atoms with van der Waals surface area (Å²) >= 11 is 0. The van der Waals surface area contributed by atoms with Crippen LogP contribution in [0.25, 0.3) is 0 Å². The van der Waals surface area contributed by atoms with Crippen molar-refractivity contribution in [2.45, 2.75) is 50.7 Å². The van der Waals surface area contributed by atoms with E-state index in [1.807, 2.05) is 0 Å². The van der Waals surface area contributed by atoms with E-state index in [1.165, 1.54) is 12.8 Å². The van der Waals surface area contributed by atoms with Crippen molar-refractivity contribution in [3.05, 3.63) is 5.89 Å². The highest BCUT2D eigenvalue weighted by atomic mass is 16.5. The SMILES string of the molecule is CC1(Nc2nnc(CNC3CC3)o2)CCCOC1. The minimum atomic E-state index is -0.0913. The van der Waals surface area contributed by atoms with Crippen molar-refractivity contribution in [1.82, 2.24) is 15.5 Å². The Hall–Kier alpha value is -1.14. The molecule has 1 aromatic heterocycles. The van der Waals surface area contributed by atoms with Crippen LogP contribution < -0.4 is 10.6 Å². The van der Waals surface area contributed by atoms with E-state index in [0.29, 0.717) is 31.1 Å². The topological polar surface area (TPSA) is 72.2 Å². The molecule has 2 aliphatic rings. The number of nitrogens with one attached hydrogen (secondary N) is 2. The fourth-order valence-electron chi connectivity index (χ4n) is 2.19. The zero-order chi connectivity index (χ0) is 12.4. The van der Waals surface area contributed by atoms with Gasteiger partial charge < -0.3 is 19.8 Å². The average molecular weight is 252 g/mol. The highest BCUT2D eigenvalue weighted by Gasteiger charge is 2.29. The van der Waals surface area contributed by atoms with Crippen LogP contribution in [0.3, 0.4) is 0 Å². The maximum atomic E-state index is 5.58. The standard InChI is InChI=1S/C12H20N4O2/c1-12(5-2-6-17-8-12)14-11-16-15-10(18-11)7-13-9-3-4-9/h9,13H,2-8H2,1H3,(H,14,16). The zero-order valence-electron chi connectivity index (χ0n) is 10.7. The van der Waals surface area contributed by atoms with Gasteiger partial charge in [0.25, 0.3) is 0 Å². The third kappa shape index (κ3) is 3.00. The van der Waals surface area contributed by atoms with Crippen LogP contribution in [0.15, 0.2) is 4.42 Å². The van der Waals surface area contributed by atoms with Crippen LogP contribution in [0.1, 0.15) is 38.5 Å². The van der Waals surface area contributed by atoms with Crippen LogP contribution in [0, 0.1) is 0 Å². The Morgan fingerprint density at radius 2 is 2.28 bits per heavy atom. The summed E-state index contributed by atoms with van der Waals surface area (Å²) in [4.78, 5) is 0. The first-order valence-corrected chi connectivity index (χ1v) is 6.65. The molecule has 1 aliphatic heterocycles. The molecule has 2 heterocycles. The van der Waals surface area contributed by atoms with Gasteiger partial charge in [0.05, 0.1) is 18.7 Å². The first-order chi connectivity index (χ1) is 8.73. The number of nitrogens with zero attached hydrogens (tertiary/aromatic N) is 2. The van der Waals surface area contributed by atoms with Crippen molar-refractivity contribution in [2.24, 2.45) is 0 Å². The summed E-state index contributed by atoms with van der Waals surface area (Å²) in [6, 6.07) is 1.15. The molecule has 0 radical (unpaired) electrons. The second-order valence-electron chi connectivity index (χ2n) is 5.50. The lowest BCUT2D eigenvalue weighted by atomic mass is 9.95. The molecule has 1 atom stereocenters. The van der Waals surface area contributed by atoms with E-state index in [4.69, 9.17) is 9.15 Å². The molecule has 1 aromatic rings. The van der Waals surface area contributed by atoms with Crippen molar-refractivity contribution in [3.63, 3.8) is 0 Å². The molecule has 0 spiro atoms. The summed E-state index contributed by atoms with van der Waals surface area (Å²) in [5.74, 6) is 0.643. The van der Waals surface area contributed by atoms with Gasteiger partial charge in [-0.3, -0.25) is 0 Å². The molecule has 3 rings (SSSR count). The molecular formula is C12H20N4O2. The maximum absolute atomic E-state index is 5.58. The van der Waals surface area contributed by atoms with Crippen LogP contribution in [0.2, 0.25) is 0 Å². The van der Waals surface area contributed by atoms with Gasteiger partial charge >= 0.3 is 6.01 Å². The van der Waals surface area contributed by atoms with Gasteiger partial charge in [0.1, 0.15) is 0 Å². The van der Waals surface area contributed by atoms with Crippen LogP contribution in [-0.2, 0) is 11.3 Å². The highest BCUT2D eigenvalue weighted by Crippen LogP contribution is 2.23. The molecule has 100 valence electrons. The predicted molar refractivity (Wildman–Crippen MR) is 66.2 cm³/mol. The number of ether oxygens (including phenoxy) is 1. The van der Waals surface area contributed by atoms with Crippen molar-refractivity contribution in [1.29, 1.82) is 0 Å². The van der Waals surface area contributed by atoms with Crippen LogP contribution >= 0.6 is 0 Å². The molecule has 6 heteroatoms. The summed E-state index contributed by atoms with van der Waals surface area (Å²) in [6.45, 7) is 4.31. The van der Waals surface area contributed by atoms with E-state index in [0.717, 1.165) is 19.4 Å². The summed E-state index contributed by atoms with van der Waals surface area (Å²) in [5, 5.41) is 14.7. The summed E-state index contributed by atoms with van der Waals surface area (Å²) in [7, 11) is 0. The Kier molecular flexibility index (Phi) is 3.22. The third-order valence-electron chi connectivity index (χ3n) is 3.43. The molecule has 2 fully saturated rings. The van der Waals surface area contributed by atoms with Gasteiger partial charge in [-0.15, -0.1) is 5.10 Å². The van der Waals surface area contributed by atoms with Gasteiger partial charge in [-0.2, -0.15) is 0 Å². The molecule has 0 aromatic carbocycles. The minimum absolute atomic E-state index is 0.0913. The van der Waals surface area contributed by atoms with Crippen LogP contribution in [-0.4, -0.2) is 35.0 Å². The highest BCUT2D eigenvalue weighted by molar-refractivity contribution is 5.24. The molecule has 1 unspecified atom stereocenters. The molecule has 1 saturated heterocycles. The summed E-state index contributed by atoms with van der Waals surface area (Å²) in [6.07, 6.45) is 4.64. The monoisotopic (exact) mass is 252 g/mol. The zero-order valence-corrected chi connectivity index (χ0v) is 10.7. The van der Waals surface area contributed by atoms with E-state index < -0.39 is 0 Å². The summed E-state index contributed by atoms with van der Waals surface area (Å²) < 4.78 is 11.1. The Morgan fingerprint density at radius 1 is 1.39 bits per heavy atom. The molecule has 0 amide bonds. The van der Waals surface area contributed by atoms with Crippen molar-refractivity contribution < 1.29 is 9.15 Å². The maximum Gasteiger partial charge on any atom is 0.316 e. The van der Waals surface area contributed by atoms with Gasteiger partial charge in [-0.1, -0.05) is 5.10 Å². The van der Waals surface area contributed by atoms with Gasteiger partial charge in [-0.05, 0) is 32.6 Å². The minimum Gasteiger partial charge on any atom is -0.407 e. The molecule has 6 nitrogen and oxygen atoms in total. The number of rotatable bonds is 5. The van der Waals surface area contributed by atoms with E-state index in [2.05, 4.69) is 27.8 Å². The van der Waals surface area contributed by atoms with E-state index in [9.17, 15) is 0 Å². The molecule has 2 N–H and O–H groups in total. The second-order valence-corrected chi connectivity index (χ2v) is 5.50. The fourth-order valence-corrected chi connectivity index (χ4v) is 2.19. The number of hydrogen-bond acceptors (Lipinski definition) is 6. The Morgan fingerprint density at radius 3 is 3.00 bits per heavy atom. The molecule has 1 saturated carbocycles. The van der Waals surface area contributed by atoms with Crippen molar-refractivity contribution in [2.75, 3.05) is 18.5 Å². The van der Waals surface area contributed by atoms with E-state index in [1.54, 1.807) is 0 Å². The van der Waals surface area contributed by atoms with Gasteiger partial charge in [-0.25, -0.2) is 0 Å². The lowest BCUT2D eigenvalue weighted by Gasteiger charge is -2.33. The van der Waals surface area contributed by atoms with Gasteiger partial charge in [0.2, 0.25) is 5.89 Å². The molecule has 1 aliphatic carbocycles. The second kappa shape index (κ2) is 4.85. The number of hydrogen-bond donors (Lipinski definition) is 2.